The lowest BCUT2D eigenvalue weighted by molar-refractivity contribution is -0.116. The van der Waals surface area contributed by atoms with Gasteiger partial charge in [0.1, 0.15) is 5.82 Å². The van der Waals surface area contributed by atoms with Crippen LogP contribution in [0.25, 0.3) is 0 Å². The highest BCUT2D eigenvalue weighted by atomic mass is 16.5. The zero-order valence-electron chi connectivity index (χ0n) is 15.7. The van der Waals surface area contributed by atoms with Crippen LogP contribution in [0.15, 0.2) is 48.7 Å². The summed E-state index contributed by atoms with van der Waals surface area (Å²) in [6.07, 6.45) is 2.06. The number of amides is 1. The van der Waals surface area contributed by atoms with Crippen molar-refractivity contribution in [2.24, 2.45) is 0 Å². The van der Waals surface area contributed by atoms with E-state index in [-0.39, 0.29) is 24.0 Å². The van der Waals surface area contributed by atoms with Crippen LogP contribution in [0.4, 0.5) is 5.82 Å². The molecular weight excluding hydrogens is 358 g/mol. The number of methoxy groups -OCH3 is 2. The fourth-order valence-corrected chi connectivity index (χ4v) is 3.56. The van der Waals surface area contributed by atoms with Crippen LogP contribution in [0.2, 0.25) is 0 Å². The summed E-state index contributed by atoms with van der Waals surface area (Å²) in [5.74, 6) is 0.942. The van der Waals surface area contributed by atoms with E-state index in [0.717, 1.165) is 16.7 Å². The van der Waals surface area contributed by atoms with E-state index in [9.17, 15) is 9.90 Å². The van der Waals surface area contributed by atoms with E-state index in [1.165, 1.54) is 14.2 Å². The molecule has 2 heterocycles. The molecule has 2 aromatic carbocycles. The molecule has 3 aromatic rings. The van der Waals surface area contributed by atoms with Gasteiger partial charge in [-0.05, 0) is 23.3 Å². The van der Waals surface area contributed by atoms with E-state index in [1.807, 2.05) is 30.3 Å². The number of hydrogen-bond acceptors (Lipinski definition) is 5. The van der Waals surface area contributed by atoms with Gasteiger partial charge in [0, 0.05) is 17.9 Å². The highest BCUT2D eigenvalue weighted by molar-refractivity contribution is 5.94. The van der Waals surface area contributed by atoms with Crippen LogP contribution in [-0.2, 0) is 11.3 Å². The standard InChI is InChI=1S/C21H21N3O4/c1-27-17-8-14(9-18(28-2)20(17)26)15-10-19(25)23-21-16(15)11-22-24(21)12-13-6-4-3-5-7-13/h3-9,11,15,26H,10,12H2,1-2H3,(H,23,25)/t15-/m1/s1. The second-order valence-electron chi connectivity index (χ2n) is 6.67. The maximum Gasteiger partial charge on any atom is 0.226 e. The van der Waals surface area contributed by atoms with E-state index >= 15 is 0 Å². The van der Waals surface area contributed by atoms with E-state index < -0.39 is 0 Å². The van der Waals surface area contributed by atoms with E-state index in [4.69, 9.17) is 9.47 Å². The molecule has 0 radical (unpaired) electrons. The molecule has 0 saturated heterocycles. The third-order valence-electron chi connectivity index (χ3n) is 4.97. The number of aromatic nitrogens is 2. The molecule has 0 unspecified atom stereocenters. The highest BCUT2D eigenvalue weighted by Crippen LogP contribution is 2.44. The first-order valence-electron chi connectivity index (χ1n) is 8.95. The number of benzene rings is 2. The van der Waals surface area contributed by atoms with Crippen molar-refractivity contribution in [3.05, 3.63) is 65.4 Å². The Labute approximate surface area is 162 Å². The average molecular weight is 379 g/mol. The summed E-state index contributed by atoms with van der Waals surface area (Å²) in [6, 6.07) is 13.4. The second-order valence-corrected chi connectivity index (χ2v) is 6.67. The number of carbonyl (C=O) groups excluding carboxylic acids is 1. The molecule has 1 aliphatic rings. The van der Waals surface area contributed by atoms with Gasteiger partial charge in [-0.2, -0.15) is 5.10 Å². The van der Waals surface area contributed by atoms with Crippen LogP contribution >= 0.6 is 0 Å². The number of phenols is 1. The molecule has 0 saturated carbocycles. The van der Waals surface area contributed by atoms with Gasteiger partial charge in [-0.3, -0.25) is 4.79 Å². The maximum absolute atomic E-state index is 12.4. The zero-order chi connectivity index (χ0) is 19.7. The van der Waals surface area contributed by atoms with Crippen molar-refractivity contribution in [3.8, 4) is 17.2 Å². The molecule has 4 rings (SSSR count). The van der Waals surface area contributed by atoms with E-state index in [1.54, 1.807) is 23.0 Å². The molecule has 28 heavy (non-hydrogen) atoms. The quantitative estimate of drug-likeness (QED) is 0.711. The fraction of sp³-hybridized carbons (Fsp3) is 0.238. The number of ether oxygens (including phenoxy) is 2. The van der Waals surface area contributed by atoms with Crippen molar-refractivity contribution in [1.29, 1.82) is 0 Å². The lowest BCUT2D eigenvalue weighted by atomic mass is 9.87. The van der Waals surface area contributed by atoms with Crippen LogP contribution < -0.4 is 14.8 Å². The molecule has 1 amide bonds. The Kier molecular flexibility index (Phi) is 4.65. The van der Waals surface area contributed by atoms with Crippen LogP contribution in [0, 0.1) is 0 Å². The van der Waals surface area contributed by atoms with Crippen LogP contribution in [0.3, 0.4) is 0 Å². The Morgan fingerprint density at radius 1 is 1.18 bits per heavy atom. The van der Waals surface area contributed by atoms with Crippen molar-refractivity contribution < 1.29 is 19.4 Å². The van der Waals surface area contributed by atoms with Crippen molar-refractivity contribution in [1.82, 2.24) is 9.78 Å². The molecule has 0 aliphatic carbocycles. The van der Waals surface area contributed by atoms with Crippen LogP contribution in [0.1, 0.15) is 29.0 Å². The lowest BCUT2D eigenvalue weighted by Crippen LogP contribution is -2.25. The number of rotatable bonds is 5. The maximum atomic E-state index is 12.4. The third kappa shape index (κ3) is 3.15. The first-order chi connectivity index (χ1) is 13.6. The van der Waals surface area contributed by atoms with Gasteiger partial charge in [0.05, 0.1) is 27.0 Å². The summed E-state index contributed by atoms with van der Waals surface area (Å²) in [7, 11) is 2.96. The smallest absolute Gasteiger partial charge is 0.226 e. The summed E-state index contributed by atoms with van der Waals surface area (Å²) >= 11 is 0. The molecule has 0 spiro atoms. The van der Waals surface area contributed by atoms with Crippen molar-refractivity contribution in [3.63, 3.8) is 0 Å². The molecule has 7 heteroatoms. The topological polar surface area (TPSA) is 85.6 Å². The Hall–Kier alpha value is -3.48. The molecule has 144 valence electrons. The predicted octanol–water partition coefficient (Wildman–Crippen LogP) is 3.13. The van der Waals surface area contributed by atoms with Gasteiger partial charge in [-0.25, -0.2) is 4.68 Å². The molecular formula is C21H21N3O4. The Bertz CT molecular complexity index is 989. The molecule has 1 atom stereocenters. The minimum Gasteiger partial charge on any atom is -0.502 e. The van der Waals surface area contributed by atoms with E-state index in [2.05, 4.69) is 10.4 Å². The second kappa shape index (κ2) is 7.26. The summed E-state index contributed by atoms with van der Waals surface area (Å²) in [5.41, 5.74) is 2.84. The first-order valence-corrected chi connectivity index (χ1v) is 8.95. The monoisotopic (exact) mass is 379 g/mol. The van der Waals surface area contributed by atoms with Crippen LogP contribution in [-0.4, -0.2) is 35.0 Å². The fourth-order valence-electron chi connectivity index (χ4n) is 3.56. The zero-order valence-corrected chi connectivity index (χ0v) is 15.7. The number of nitrogens with one attached hydrogen (secondary N) is 1. The van der Waals surface area contributed by atoms with Crippen molar-refractivity contribution in [2.75, 3.05) is 19.5 Å². The number of anilines is 1. The molecule has 2 N–H and O–H groups in total. The largest absolute Gasteiger partial charge is 0.502 e. The number of aromatic hydroxyl groups is 1. The number of nitrogens with zero attached hydrogens (tertiary/aromatic N) is 2. The van der Waals surface area contributed by atoms with Gasteiger partial charge in [0.15, 0.2) is 11.5 Å². The van der Waals surface area contributed by atoms with Gasteiger partial charge in [-0.1, -0.05) is 30.3 Å². The Morgan fingerprint density at radius 3 is 2.50 bits per heavy atom. The van der Waals surface area contributed by atoms with Gasteiger partial charge in [-0.15, -0.1) is 0 Å². The predicted molar refractivity (Wildman–Crippen MR) is 104 cm³/mol. The number of hydrogen-bond donors (Lipinski definition) is 2. The lowest BCUT2D eigenvalue weighted by Gasteiger charge is -2.24. The van der Waals surface area contributed by atoms with Crippen molar-refractivity contribution >= 4 is 11.7 Å². The summed E-state index contributed by atoms with van der Waals surface area (Å²) in [5, 5.41) is 17.6. The SMILES string of the molecule is COc1cc([C@H]2CC(=O)Nc3c2cnn3Cc2ccccc2)cc(OC)c1O. The number of phenolic OH excluding ortho intramolecular Hbond substituents is 1. The number of fused-ring (bicyclic) bond motifs is 1. The molecule has 0 bridgehead atoms. The first kappa shape index (κ1) is 17.9. The molecule has 7 nitrogen and oxygen atoms in total. The summed E-state index contributed by atoms with van der Waals surface area (Å²) in [6.45, 7) is 0.561. The van der Waals surface area contributed by atoms with E-state index in [0.29, 0.717) is 23.9 Å². The molecule has 0 fully saturated rings. The van der Waals surface area contributed by atoms with Gasteiger partial charge in [0.25, 0.3) is 0 Å². The molecule has 1 aliphatic heterocycles. The van der Waals surface area contributed by atoms with Crippen molar-refractivity contribution in [2.45, 2.75) is 18.9 Å². The summed E-state index contributed by atoms with van der Waals surface area (Å²) in [4.78, 5) is 12.4. The van der Waals surface area contributed by atoms with Gasteiger partial charge >= 0.3 is 0 Å². The van der Waals surface area contributed by atoms with Gasteiger partial charge in [0.2, 0.25) is 11.7 Å². The van der Waals surface area contributed by atoms with Crippen LogP contribution in [0.5, 0.6) is 17.2 Å². The Morgan fingerprint density at radius 2 is 1.86 bits per heavy atom. The summed E-state index contributed by atoms with van der Waals surface area (Å²) < 4.78 is 12.3. The highest BCUT2D eigenvalue weighted by Gasteiger charge is 2.31. The minimum absolute atomic E-state index is 0.0611. The minimum atomic E-state index is -0.211. The third-order valence-corrected chi connectivity index (χ3v) is 4.97. The molecule has 1 aromatic heterocycles. The average Bonchev–Trinajstić information content (AvgIpc) is 3.11. The van der Waals surface area contributed by atoms with Gasteiger partial charge < -0.3 is 19.9 Å². The number of carbonyl (C=O) groups is 1. The Balaban J connectivity index is 1.75. The normalized spacial score (nSPS) is 15.6.